The van der Waals surface area contributed by atoms with Gasteiger partial charge >= 0.3 is 0 Å². The number of nitrogens with zero attached hydrogens (tertiary/aromatic N) is 1. The fourth-order valence-electron chi connectivity index (χ4n) is 4.68. The largest absolute Gasteiger partial charge is 0.497 e. The molecule has 5 rings (SSSR count). The minimum atomic E-state index is 0.937. The summed E-state index contributed by atoms with van der Waals surface area (Å²) in [4.78, 5) is 6.21. The van der Waals surface area contributed by atoms with Crippen molar-refractivity contribution < 1.29 is 4.74 Å². The number of para-hydroxylation sites is 1. The van der Waals surface area contributed by atoms with E-state index in [1.54, 1.807) is 7.11 Å². The second kappa shape index (κ2) is 6.93. The molecule has 0 atom stereocenters. The average Bonchev–Trinajstić information content (AvgIpc) is 3.32. The Kier molecular flexibility index (Phi) is 4.29. The maximum atomic E-state index is 5.43. The number of aromatic amines is 1. The van der Waals surface area contributed by atoms with Gasteiger partial charge in [-0.1, -0.05) is 18.2 Å². The van der Waals surface area contributed by atoms with Crippen LogP contribution in [0, 0.1) is 0 Å². The lowest BCUT2D eigenvalue weighted by molar-refractivity contribution is 0.251. The summed E-state index contributed by atoms with van der Waals surface area (Å²) in [5.74, 6) is 0.937. The monoisotopic (exact) mass is 361 g/mol. The number of fused-ring (bicyclic) bond motifs is 4. The Bertz CT molecular complexity index is 975. The summed E-state index contributed by atoms with van der Waals surface area (Å²) in [5, 5.41) is 4.89. The van der Waals surface area contributed by atoms with Crippen LogP contribution < -0.4 is 10.1 Å². The van der Waals surface area contributed by atoms with E-state index in [2.05, 4.69) is 45.5 Å². The first kappa shape index (κ1) is 16.7. The molecule has 0 saturated heterocycles. The van der Waals surface area contributed by atoms with Crippen LogP contribution in [0.2, 0.25) is 0 Å². The van der Waals surface area contributed by atoms with Gasteiger partial charge < -0.3 is 15.0 Å². The van der Waals surface area contributed by atoms with E-state index < -0.39 is 0 Å². The summed E-state index contributed by atoms with van der Waals surface area (Å²) in [6, 6.07) is 13.1. The quantitative estimate of drug-likeness (QED) is 0.718. The third-order valence-corrected chi connectivity index (χ3v) is 6.12. The Morgan fingerprint density at radius 3 is 3.04 bits per heavy atom. The number of nitrogens with one attached hydrogen (secondary N) is 2. The van der Waals surface area contributed by atoms with Crippen molar-refractivity contribution in [3.63, 3.8) is 0 Å². The van der Waals surface area contributed by atoms with Gasteiger partial charge in [-0.25, -0.2) is 0 Å². The molecule has 2 N–H and O–H groups in total. The highest BCUT2D eigenvalue weighted by molar-refractivity contribution is 5.86. The van der Waals surface area contributed by atoms with Crippen LogP contribution >= 0.6 is 0 Å². The molecule has 4 nitrogen and oxygen atoms in total. The van der Waals surface area contributed by atoms with Gasteiger partial charge in [-0.3, -0.25) is 4.90 Å². The predicted octanol–water partition coefficient (Wildman–Crippen LogP) is 4.14. The second-order valence-electron chi connectivity index (χ2n) is 7.75. The molecule has 2 aliphatic rings. The zero-order valence-corrected chi connectivity index (χ0v) is 16.0. The molecule has 0 fully saturated rings. The first-order valence-corrected chi connectivity index (χ1v) is 10.1. The number of aryl methyl sites for hydroxylation is 1. The summed E-state index contributed by atoms with van der Waals surface area (Å²) >= 11 is 0. The predicted molar refractivity (Wildman–Crippen MR) is 111 cm³/mol. The van der Waals surface area contributed by atoms with Gasteiger partial charge in [0, 0.05) is 48.3 Å². The molecular formula is C23H27N3O. The number of ether oxygens (including phenoxy) is 1. The van der Waals surface area contributed by atoms with E-state index in [-0.39, 0.29) is 0 Å². The van der Waals surface area contributed by atoms with Crippen molar-refractivity contribution in [1.29, 1.82) is 0 Å². The molecule has 0 radical (unpaired) electrons. The van der Waals surface area contributed by atoms with Crippen LogP contribution in [0.4, 0.5) is 5.69 Å². The fraction of sp³-hybridized carbons (Fsp3) is 0.391. The van der Waals surface area contributed by atoms with Crippen LogP contribution in [-0.2, 0) is 25.8 Å². The zero-order valence-electron chi connectivity index (χ0n) is 16.0. The molecule has 0 spiro atoms. The molecule has 3 aromatic rings. The van der Waals surface area contributed by atoms with E-state index in [0.717, 1.165) is 44.8 Å². The van der Waals surface area contributed by atoms with Gasteiger partial charge in [0.2, 0.25) is 0 Å². The Labute approximate surface area is 160 Å². The number of benzene rings is 2. The second-order valence-corrected chi connectivity index (χ2v) is 7.75. The highest BCUT2D eigenvalue weighted by Gasteiger charge is 2.21. The molecule has 0 amide bonds. The minimum absolute atomic E-state index is 0.937. The molecular weight excluding hydrogens is 334 g/mol. The standard InChI is InChI=1S/C23H27N3O/c1-27-18-7-8-21-19(14-18)20-15-26(13-10-22(20)25-21)12-3-6-16-4-2-5-17-9-11-24-23(16)17/h2,4-5,7-8,14,24-25H,3,6,9-13,15H2,1H3. The van der Waals surface area contributed by atoms with Crippen LogP contribution in [0.1, 0.15) is 28.8 Å². The lowest BCUT2D eigenvalue weighted by Gasteiger charge is -2.27. The van der Waals surface area contributed by atoms with Gasteiger partial charge in [-0.15, -0.1) is 0 Å². The van der Waals surface area contributed by atoms with Crippen molar-refractivity contribution >= 4 is 16.6 Å². The first-order valence-electron chi connectivity index (χ1n) is 10.1. The van der Waals surface area contributed by atoms with Crippen LogP contribution in [0.3, 0.4) is 0 Å². The lowest BCUT2D eigenvalue weighted by atomic mass is 10.0. The molecule has 0 saturated carbocycles. The third-order valence-electron chi connectivity index (χ3n) is 6.12. The first-order chi connectivity index (χ1) is 13.3. The van der Waals surface area contributed by atoms with Gasteiger partial charge in [0.05, 0.1) is 7.11 Å². The molecule has 0 aliphatic carbocycles. The molecule has 2 aromatic carbocycles. The highest BCUT2D eigenvalue weighted by Crippen LogP contribution is 2.31. The highest BCUT2D eigenvalue weighted by atomic mass is 16.5. The Hall–Kier alpha value is -2.46. The molecule has 2 aliphatic heterocycles. The number of H-pyrrole nitrogens is 1. The van der Waals surface area contributed by atoms with Gasteiger partial charge in [0.15, 0.2) is 0 Å². The van der Waals surface area contributed by atoms with E-state index in [9.17, 15) is 0 Å². The summed E-state index contributed by atoms with van der Waals surface area (Å²) < 4.78 is 5.43. The molecule has 140 valence electrons. The van der Waals surface area contributed by atoms with Crippen LogP contribution in [0.5, 0.6) is 5.75 Å². The van der Waals surface area contributed by atoms with Crippen molar-refractivity contribution in [3.05, 3.63) is 58.8 Å². The van der Waals surface area contributed by atoms with Crippen molar-refractivity contribution in [2.75, 3.05) is 32.1 Å². The van der Waals surface area contributed by atoms with E-state index in [4.69, 9.17) is 4.74 Å². The fourth-order valence-corrected chi connectivity index (χ4v) is 4.68. The Morgan fingerprint density at radius 2 is 2.11 bits per heavy atom. The number of anilines is 1. The maximum absolute atomic E-state index is 5.43. The van der Waals surface area contributed by atoms with Crippen molar-refractivity contribution in [3.8, 4) is 5.75 Å². The molecule has 1 aromatic heterocycles. The Morgan fingerprint density at radius 1 is 1.15 bits per heavy atom. The van der Waals surface area contributed by atoms with Crippen molar-refractivity contribution in [2.24, 2.45) is 0 Å². The number of hydrogen-bond donors (Lipinski definition) is 2. The van der Waals surface area contributed by atoms with Gasteiger partial charge in [0.1, 0.15) is 5.75 Å². The smallest absolute Gasteiger partial charge is 0.119 e. The summed E-state index contributed by atoms with van der Waals surface area (Å²) in [6.45, 7) is 4.42. The maximum Gasteiger partial charge on any atom is 0.119 e. The van der Waals surface area contributed by atoms with Gasteiger partial charge in [0.25, 0.3) is 0 Å². The summed E-state index contributed by atoms with van der Waals surface area (Å²) in [5.41, 5.74) is 8.47. The number of methoxy groups -OCH3 is 1. The van der Waals surface area contributed by atoms with Crippen LogP contribution in [0.15, 0.2) is 36.4 Å². The van der Waals surface area contributed by atoms with Gasteiger partial charge in [-0.2, -0.15) is 0 Å². The number of aromatic nitrogens is 1. The van der Waals surface area contributed by atoms with Crippen LogP contribution in [0.25, 0.3) is 10.9 Å². The SMILES string of the molecule is COc1ccc2[nH]c3c(c2c1)CN(CCCc1cccc2c1NCC2)CC3. The minimum Gasteiger partial charge on any atom is -0.497 e. The van der Waals surface area contributed by atoms with Gasteiger partial charge in [-0.05, 0) is 60.7 Å². The molecule has 3 heterocycles. The average molecular weight is 361 g/mol. The van der Waals surface area contributed by atoms with E-state index in [0.29, 0.717) is 0 Å². The van der Waals surface area contributed by atoms with E-state index in [1.807, 2.05) is 6.07 Å². The van der Waals surface area contributed by atoms with E-state index >= 15 is 0 Å². The summed E-state index contributed by atoms with van der Waals surface area (Å²) in [6.07, 6.45) is 4.64. The lowest BCUT2D eigenvalue weighted by Crippen LogP contribution is -2.31. The molecule has 27 heavy (non-hydrogen) atoms. The molecule has 4 heteroatoms. The molecule has 0 bridgehead atoms. The number of rotatable bonds is 5. The number of hydrogen-bond acceptors (Lipinski definition) is 3. The Balaban J connectivity index is 1.27. The third kappa shape index (κ3) is 3.08. The molecule has 0 unspecified atom stereocenters. The van der Waals surface area contributed by atoms with E-state index in [1.165, 1.54) is 51.8 Å². The topological polar surface area (TPSA) is 40.3 Å². The zero-order chi connectivity index (χ0) is 18.2. The normalized spacial score (nSPS) is 16.2. The summed E-state index contributed by atoms with van der Waals surface area (Å²) in [7, 11) is 1.74. The van der Waals surface area contributed by atoms with Crippen molar-refractivity contribution in [2.45, 2.75) is 32.2 Å². The van der Waals surface area contributed by atoms with Crippen molar-refractivity contribution in [1.82, 2.24) is 9.88 Å². The van der Waals surface area contributed by atoms with Crippen LogP contribution in [-0.4, -0.2) is 36.6 Å².